The van der Waals surface area contributed by atoms with Gasteiger partial charge in [0.05, 0.1) is 19.8 Å². The van der Waals surface area contributed by atoms with Crippen molar-refractivity contribution in [2.45, 2.75) is 31.7 Å². The molecule has 0 bridgehead atoms. The molecule has 0 aromatic carbocycles. The molecule has 1 atom stereocenters. The molecular formula is C10H23NO3. The Hall–Kier alpha value is -0.160. The van der Waals surface area contributed by atoms with Gasteiger partial charge < -0.3 is 20.3 Å². The minimum Gasteiger partial charge on any atom is -0.394 e. The summed E-state index contributed by atoms with van der Waals surface area (Å²) < 4.78 is 10.1. The molecule has 86 valence electrons. The molecule has 0 saturated heterocycles. The molecule has 4 heteroatoms. The Labute approximate surface area is 86.4 Å². The molecule has 0 aromatic rings. The zero-order valence-electron chi connectivity index (χ0n) is 9.29. The van der Waals surface area contributed by atoms with Gasteiger partial charge in [-0.05, 0) is 26.2 Å². The van der Waals surface area contributed by atoms with Crippen LogP contribution in [0.3, 0.4) is 0 Å². The van der Waals surface area contributed by atoms with E-state index in [0.29, 0.717) is 13.2 Å². The molecule has 14 heavy (non-hydrogen) atoms. The number of nitrogens with two attached hydrogens (primary N) is 1. The van der Waals surface area contributed by atoms with Gasteiger partial charge in [-0.2, -0.15) is 0 Å². The Morgan fingerprint density at radius 1 is 1.21 bits per heavy atom. The van der Waals surface area contributed by atoms with Crippen LogP contribution in [-0.2, 0) is 9.47 Å². The van der Waals surface area contributed by atoms with Crippen molar-refractivity contribution in [1.29, 1.82) is 0 Å². The van der Waals surface area contributed by atoms with Gasteiger partial charge in [-0.3, -0.25) is 0 Å². The van der Waals surface area contributed by atoms with E-state index in [0.717, 1.165) is 25.9 Å². The van der Waals surface area contributed by atoms with Crippen molar-refractivity contribution < 1.29 is 14.6 Å². The lowest BCUT2D eigenvalue weighted by Crippen LogP contribution is -2.39. The summed E-state index contributed by atoms with van der Waals surface area (Å²) in [4.78, 5) is 0. The fourth-order valence-electron chi connectivity index (χ4n) is 1.06. The van der Waals surface area contributed by atoms with Crippen molar-refractivity contribution >= 4 is 0 Å². The van der Waals surface area contributed by atoms with Crippen LogP contribution in [0.4, 0.5) is 0 Å². The fraction of sp³-hybridized carbons (Fsp3) is 1.00. The summed E-state index contributed by atoms with van der Waals surface area (Å²) in [5.41, 5.74) is 5.33. The van der Waals surface area contributed by atoms with Gasteiger partial charge >= 0.3 is 0 Å². The molecule has 3 N–H and O–H groups in total. The smallest absolute Gasteiger partial charge is 0.0700 e. The molecule has 0 aliphatic carbocycles. The van der Waals surface area contributed by atoms with Crippen LogP contribution in [0.2, 0.25) is 0 Å². The molecule has 0 heterocycles. The van der Waals surface area contributed by atoms with E-state index in [1.165, 1.54) is 0 Å². The summed E-state index contributed by atoms with van der Waals surface area (Å²) in [5, 5.41) is 8.89. The molecule has 0 spiro atoms. The maximum atomic E-state index is 8.89. The van der Waals surface area contributed by atoms with Crippen molar-refractivity contribution in [3.05, 3.63) is 0 Å². The Balaban J connectivity index is 3.13. The maximum Gasteiger partial charge on any atom is 0.0700 e. The summed E-state index contributed by atoms with van der Waals surface area (Å²) in [6, 6.07) is 0. The lowest BCUT2D eigenvalue weighted by Gasteiger charge is -2.21. The van der Waals surface area contributed by atoms with Crippen molar-refractivity contribution in [2.75, 3.05) is 33.5 Å². The topological polar surface area (TPSA) is 64.7 Å². The van der Waals surface area contributed by atoms with Crippen LogP contribution >= 0.6 is 0 Å². The van der Waals surface area contributed by atoms with Gasteiger partial charge in [-0.25, -0.2) is 0 Å². The van der Waals surface area contributed by atoms with Gasteiger partial charge in [0.25, 0.3) is 0 Å². The van der Waals surface area contributed by atoms with Crippen LogP contribution in [-0.4, -0.2) is 44.2 Å². The van der Waals surface area contributed by atoms with Gasteiger partial charge in [0.15, 0.2) is 0 Å². The Kier molecular flexibility index (Phi) is 8.08. The first kappa shape index (κ1) is 13.8. The molecule has 0 aliphatic heterocycles. The number of rotatable bonds is 9. The third kappa shape index (κ3) is 8.44. The van der Waals surface area contributed by atoms with Gasteiger partial charge in [0.1, 0.15) is 0 Å². The first-order valence-electron chi connectivity index (χ1n) is 5.09. The number of hydrogen-bond donors (Lipinski definition) is 2. The fourth-order valence-corrected chi connectivity index (χ4v) is 1.06. The van der Waals surface area contributed by atoms with Crippen molar-refractivity contribution in [2.24, 2.45) is 5.73 Å². The Bertz CT molecular complexity index is 129. The number of hydrogen-bond acceptors (Lipinski definition) is 4. The van der Waals surface area contributed by atoms with E-state index in [2.05, 4.69) is 0 Å². The van der Waals surface area contributed by atoms with Gasteiger partial charge in [-0.1, -0.05) is 0 Å². The second-order valence-electron chi connectivity index (χ2n) is 3.87. The minimum absolute atomic E-state index is 0.0392. The number of methoxy groups -OCH3 is 1. The molecule has 0 amide bonds. The summed E-state index contributed by atoms with van der Waals surface area (Å²) in [6.45, 7) is 3.93. The highest BCUT2D eigenvalue weighted by molar-refractivity contribution is 4.76. The normalized spacial score (nSPS) is 15.4. The molecule has 0 saturated carbocycles. The Morgan fingerprint density at radius 3 is 2.50 bits per heavy atom. The summed E-state index contributed by atoms with van der Waals surface area (Å²) >= 11 is 0. The predicted octanol–water partition coefficient (Wildman–Crippen LogP) is 0.529. The van der Waals surface area contributed by atoms with Crippen LogP contribution in [0.15, 0.2) is 0 Å². The first-order chi connectivity index (χ1) is 6.62. The van der Waals surface area contributed by atoms with Crippen LogP contribution in [0.1, 0.15) is 26.2 Å². The zero-order valence-corrected chi connectivity index (χ0v) is 9.29. The number of aliphatic hydroxyl groups is 1. The van der Waals surface area contributed by atoms with E-state index >= 15 is 0 Å². The molecule has 4 nitrogen and oxygen atoms in total. The van der Waals surface area contributed by atoms with Crippen molar-refractivity contribution in [3.8, 4) is 0 Å². The largest absolute Gasteiger partial charge is 0.394 e. The Morgan fingerprint density at radius 2 is 1.93 bits per heavy atom. The van der Waals surface area contributed by atoms with Crippen LogP contribution in [0.25, 0.3) is 0 Å². The minimum atomic E-state index is -0.438. The van der Waals surface area contributed by atoms with Crippen LogP contribution in [0.5, 0.6) is 0 Å². The standard InChI is InChI=1S/C10H23NO3/c1-10(11,9-12)5-3-4-6-14-8-7-13-2/h12H,3-9,11H2,1-2H3. The molecule has 0 aromatic heterocycles. The third-order valence-electron chi connectivity index (χ3n) is 2.08. The van der Waals surface area contributed by atoms with E-state index in [1.54, 1.807) is 7.11 Å². The molecule has 0 radical (unpaired) electrons. The highest BCUT2D eigenvalue weighted by Crippen LogP contribution is 2.09. The van der Waals surface area contributed by atoms with Crippen LogP contribution in [0, 0.1) is 0 Å². The van der Waals surface area contributed by atoms with Crippen molar-refractivity contribution in [3.63, 3.8) is 0 Å². The second kappa shape index (κ2) is 8.17. The van der Waals surface area contributed by atoms with E-state index in [1.807, 2.05) is 6.92 Å². The monoisotopic (exact) mass is 205 g/mol. The molecular weight excluding hydrogens is 182 g/mol. The van der Waals surface area contributed by atoms with Crippen LogP contribution < -0.4 is 5.73 Å². The van der Waals surface area contributed by atoms with E-state index in [9.17, 15) is 0 Å². The lowest BCUT2D eigenvalue weighted by atomic mass is 9.97. The zero-order chi connectivity index (χ0) is 10.9. The SMILES string of the molecule is COCCOCCCCC(C)(N)CO. The molecule has 0 aliphatic rings. The summed E-state index contributed by atoms with van der Waals surface area (Å²) in [6.07, 6.45) is 2.80. The molecule has 0 rings (SSSR count). The third-order valence-corrected chi connectivity index (χ3v) is 2.08. The number of ether oxygens (including phenoxy) is 2. The average molecular weight is 205 g/mol. The first-order valence-corrected chi connectivity index (χ1v) is 5.09. The highest BCUT2D eigenvalue weighted by atomic mass is 16.5. The van der Waals surface area contributed by atoms with E-state index in [-0.39, 0.29) is 6.61 Å². The van der Waals surface area contributed by atoms with Crippen molar-refractivity contribution in [1.82, 2.24) is 0 Å². The summed E-state index contributed by atoms with van der Waals surface area (Å²) in [5.74, 6) is 0. The quantitative estimate of drug-likeness (QED) is 0.539. The number of unbranched alkanes of at least 4 members (excludes halogenated alkanes) is 1. The van der Waals surface area contributed by atoms with E-state index < -0.39 is 5.54 Å². The predicted molar refractivity (Wildman–Crippen MR) is 56.2 cm³/mol. The average Bonchev–Trinajstić information content (AvgIpc) is 2.16. The van der Waals surface area contributed by atoms with Gasteiger partial charge in [-0.15, -0.1) is 0 Å². The van der Waals surface area contributed by atoms with Gasteiger partial charge in [0, 0.05) is 19.3 Å². The molecule has 0 fully saturated rings. The van der Waals surface area contributed by atoms with E-state index in [4.69, 9.17) is 20.3 Å². The highest BCUT2D eigenvalue weighted by Gasteiger charge is 2.15. The lowest BCUT2D eigenvalue weighted by molar-refractivity contribution is 0.0675. The summed E-state index contributed by atoms with van der Waals surface area (Å²) in [7, 11) is 1.66. The maximum absolute atomic E-state index is 8.89. The second-order valence-corrected chi connectivity index (χ2v) is 3.87. The van der Waals surface area contributed by atoms with Gasteiger partial charge in [0.2, 0.25) is 0 Å². The number of aliphatic hydroxyl groups excluding tert-OH is 1. The molecule has 1 unspecified atom stereocenters.